The second-order valence-electron chi connectivity index (χ2n) is 4.16. The molecular formula is C12H10N4O3S. The number of aromatic nitrogens is 2. The molecule has 3 aromatic rings. The Balaban J connectivity index is 2.36. The van der Waals surface area contributed by atoms with Crippen molar-refractivity contribution < 1.29 is 13.0 Å². The Morgan fingerprint density at radius 1 is 1.00 bits per heavy atom. The lowest BCUT2D eigenvalue weighted by molar-refractivity contribution is 0.315. The first kappa shape index (κ1) is 12.4. The SMILES string of the molecule is Nc1cc(S(=O)(=O)c2ccccc2)c2nonc2c1N. The van der Waals surface area contributed by atoms with Crippen LogP contribution in [0.5, 0.6) is 0 Å². The van der Waals surface area contributed by atoms with Crippen LogP contribution in [0, 0.1) is 0 Å². The molecule has 0 saturated carbocycles. The number of fused-ring (bicyclic) bond motifs is 1. The summed E-state index contributed by atoms with van der Waals surface area (Å²) in [6.45, 7) is 0. The number of benzene rings is 2. The monoisotopic (exact) mass is 290 g/mol. The zero-order valence-electron chi connectivity index (χ0n) is 10.1. The van der Waals surface area contributed by atoms with Crippen molar-refractivity contribution in [2.24, 2.45) is 0 Å². The molecule has 8 heteroatoms. The number of nitrogens with two attached hydrogens (primary N) is 2. The molecule has 4 N–H and O–H groups in total. The maximum Gasteiger partial charge on any atom is 0.209 e. The smallest absolute Gasteiger partial charge is 0.209 e. The van der Waals surface area contributed by atoms with E-state index >= 15 is 0 Å². The number of nitrogen functional groups attached to an aromatic ring is 2. The number of hydrogen-bond acceptors (Lipinski definition) is 7. The number of hydrogen-bond donors (Lipinski definition) is 2. The first-order valence-corrected chi connectivity index (χ1v) is 7.10. The predicted molar refractivity (Wildman–Crippen MR) is 72.5 cm³/mol. The summed E-state index contributed by atoms with van der Waals surface area (Å²) in [5, 5.41) is 7.20. The quantitative estimate of drug-likeness (QED) is 0.679. The standard InChI is InChI=1S/C12H10N4O3S/c13-8-6-9(11-12(10(8)14)16-19-15-11)20(17,18)7-4-2-1-3-5-7/h1-6H,13-14H2. The minimum atomic E-state index is -3.77. The molecule has 3 rings (SSSR count). The summed E-state index contributed by atoms with van der Waals surface area (Å²) in [7, 11) is -3.77. The first-order valence-electron chi connectivity index (χ1n) is 5.62. The summed E-state index contributed by atoms with van der Waals surface area (Å²) in [6.07, 6.45) is 0. The van der Waals surface area contributed by atoms with Gasteiger partial charge in [0.2, 0.25) is 9.84 Å². The van der Waals surface area contributed by atoms with Crippen molar-refractivity contribution in [2.45, 2.75) is 9.79 Å². The molecule has 0 fully saturated rings. The van der Waals surface area contributed by atoms with Gasteiger partial charge >= 0.3 is 0 Å². The van der Waals surface area contributed by atoms with Crippen LogP contribution in [0.15, 0.2) is 50.8 Å². The van der Waals surface area contributed by atoms with Gasteiger partial charge in [0.25, 0.3) is 0 Å². The summed E-state index contributed by atoms with van der Waals surface area (Å²) in [5.41, 5.74) is 11.9. The van der Waals surface area contributed by atoms with Crippen LogP contribution < -0.4 is 11.5 Å². The van der Waals surface area contributed by atoms with Gasteiger partial charge in [0.1, 0.15) is 4.90 Å². The molecule has 0 aliphatic rings. The number of anilines is 2. The van der Waals surface area contributed by atoms with Crippen LogP contribution in [-0.4, -0.2) is 18.7 Å². The van der Waals surface area contributed by atoms with E-state index in [-0.39, 0.29) is 32.2 Å². The molecule has 1 aromatic heterocycles. The zero-order chi connectivity index (χ0) is 14.3. The Labute approximate surface area is 114 Å². The zero-order valence-corrected chi connectivity index (χ0v) is 11.0. The summed E-state index contributed by atoms with van der Waals surface area (Å²) < 4.78 is 29.8. The van der Waals surface area contributed by atoms with Crippen molar-refractivity contribution >= 4 is 32.2 Å². The Hall–Kier alpha value is -2.61. The fourth-order valence-corrected chi connectivity index (χ4v) is 3.32. The molecule has 0 unspecified atom stereocenters. The van der Waals surface area contributed by atoms with Crippen LogP contribution in [0.2, 0.25) is 0 Å². The lowest BCUT2D eigenvalue weighted by Crippen LogP contribution is -2.05. The predicted octanol–water partition coefficient (Wildman–Crippen LogP) is 1.22. The normalized spacial score (nSPS) is 11.8. The third-order valence-electron chi connectivity index (χ3n) is 2.92. The highest BCUT2D eigenvalue weighted by Gasteiger charge is 2.25. The average molecular weight is 290 g/mol. The minimum Gasteiger partial charge on any atom is -0.397 e. The van der Waals surface area contributed by atoms with Crippen LogP contribution in [-0.2, 0) is 9.84 Å². The van der Waals surface area contributed by atoms with Gasteiger partial charge in [-0.1, -0.05) is 18.2 Å². The van der Waals surface area contributed by atoms with Gasteiger partial charge in [-0.3, -0.25) is 0 Å². The van der Waals surface area contributed by atoms with Gasteiger partial charge in [0, 0.05) is 0 Å². The van der Waals surface area contributed by atoms with Crippen molar-refractivity contribution in [1.82, 2.24) is 10.3 Å². The Bertz CT molecular complexity index is 888. The molecule has 0 atom stereocenters. The third kappa shape index (κ3) is 1.69. The Morgan fingerprint density at radius 2 is 1.65 bits per heavy atom. The van der Waals surface area contributed by atoms with E-state index in [0.717, 1.165) is 0 Å². The van der Waals surface area contributed by atoms with Crippen molar-refractivity contribution in [3.8, 4) is 0 Å². The summed E-state index contributed by atoms with van der Waals surface area (Å²) in [4.78, 5) is 0.0557. The fourth-order valence-electron chi connectivity index (χ4n) is 1.88. The van der Waals surface area contributed by atoms with Gasteiger partial charge in [-0.25, -0.2) is 13.0 Å². The molecule has 0 saturated heterocycles. The van der Waals surface area contributed by atoms with Crippen LogP contribution in [0.1, 0.15) is 0 Å². The summed E-state index contributed by atoms with van der Waals surface area (Å²) >= 11 is 0. The molecule has 0 bridgehead atoms. The second-order valence-corrected chi connectivity index (χ2v) is 6.07. The molecule has 20 heavy (non-hydrogen) atoms. The van der Waals surface area contributed by atoms with Crippen LogP contribution in [0.3, 0.4) is 0 Å². The van der Waals surface area contributed by atoms with Gasteiger partial charge in [-0.15, -0.1) is 0 Å². The maximum atomic E-state index is 12.6. The van der Waals surface area contributed by atoms with E-state index in [0.29, 0.717) is 0 Å². The highest BCUT2D eigenvalue weighted by Crippen LogP contribution is 2.33. The molecule has 0 aliphatic heterocycles. The van der Waals surface area contributed by atoms with Gasteiger partial charge in [0.15, 0.2) is 11.0 Å². The molecule has 7 nitrogen and oxygen atoms in total. The van der Waals surface area contributed by atoms with Gasteiger partial charge in [-0.2, -0.15) is 0 Å². The van der Waals surface area contributed by atoms with Gasteiger partial charge in [0.05, 0.1) is 16.3 Å². The van der Waals surface area contributed by atoms with E-state index in [1.54, 1.807) is 18.2 Å². The fraction of sp³-hybridized carbons (Fsp3) is 0. The maximum absolute atomic E-state index is 12.6. The van der Waals surface area contributed by atoms with Crippen LogP contribution in [0.25, 0.3) is 11.0 Å². The Morgan fingerprint density at radius 3 is 2.35 bits per heavy atom. The number of nitrogens with zero attached hydrogens (tertiary/aromatic N) is 2. The van der Waals surface area contributed by atoms with Crippen molar-refractivity contribution in [1.29, 1.82) is 0 Å². The molecule has 0 radical (unpaired) electrons. The average Bonchev–Trinajstić information content (AvgIpc) is 2.93. The number of sulfone groups is 1. The Kier molecular flexibility index (Phi) is 2.61. The van der Waals surface area contributed by atoms with E-state index in [1.165, 1.54) is 18.2 Å². The lowest BCUT2D eigenvalue weighted by atomic mass is 10.2. The first-order chi connectivity index (χ1) is 9.51. The van der Waals surface area contributed by atoms with E-state index in [4.69, 9.17) is 11.5 Å². The summed E-state index contributed by atoms with van der Waals surface area (Å²) in [5.74, 6) is 0. The minimum absolute atomic E-state index is 0.0700. The molecule has 0 spiro atoms. The van der Waals surface area contributed by atoms with Gasteiger partial charge in [-0.05, 0) is 28.5 Å². The second kappa shape index (κ2) is 4.20. The topological polar surface area (TPSA) is 125 Å². The van der Waals surface area contributed by atoms with E-state index in [9.17, 15) is 8.42 Å². The molecule has 0 aliphatic carbocycles. The van der Waals surface area contributed by atoms with Crippen molar-refractivity contribution in [2.75, 3.05) is 11.5 Å². The largest absolute Gasteiger partial charge is 0.397 e. The highest BCUT2D eigenvalue weighted by molar-refractivity contribution is 7.91. The van der Waals surface area contributed by atoms with E-state index < -0.39 is 9.84 Å². The van der Waals surface area contributed by atoms with Crippen molar-refractivity contribution in [3.05, 3.63) is 36.4 Å². The third-order valence-corrected chi connectivity index (χ3v) is 4.70. The van der Waals surface area contributed by atoms with E-state index in [1.807, 2.05) is 0 Å². The number of rotatable bonds is 2. The van der Waals surface area contributed by atoms with Gasteiger partial charge < -0.3 is 11.5 Å². The van der Waals surface area contributed by atoms with Crippen molar-refractivity contribution in [3.63, 3.8) is 0 Å². The van der Waals surface area contributed by atoms with E-state index in [2.05, 4.69) is 14.9 Å². The summed E-state index contributed by atoms with van der Waals surface area (Å²) in [6, 6.07) is 9.23. The highest BCUT2D eigenvalue weighted by atomic mass is 32.2. The molecule has 1 heterocycles. The molecule has 0 amide bonds. The van der Waals surface area contributed by atoms with Crippen LogP contribution >= 0.6 is 0 Å². The molecular weight excluding hydrogens is 280 g/mol. The molecule has 2 aromatic carbocycles. The lowest BCUT2D eigenvalue weighted by Gasteiger charge is -2.07. The molecule has 102 valence electrons. The van der Waals surface area contributed by atoms with Crippen LogP contribution in [0.4, 0.5) is 11.4 Å².